The van der Waals surface area contributed by atoms with Crippen LogP contribution in [0.1, 0.15) is 21.5 Å². The monoisotopic (exact) mass is 628 g/mol. The third-order valence-electron chi connectivity index (χ3n) is 5.35. The van der Waals surface area contributed by atoms with Crippen molar-refractivity contribution < 1.29 is 33.8 Å². The second-order valence-corrected chi connectivity index (χ2v) is 9.47. The molecule has 0 unspecified atom stereocenters. The lowest BCUT2D eigenvalue weighted by Gasteiger charge is -2.26. The van der Waals surface area contributed by atoms with Gasteiger partial charge >= 0.3 is 12.0 Å². The summed E-state index contributed by atoms with van der Waals surface area (Å²) in [7, 11) is 1.50. The molecule has 0 aromatic heterocycles. The number of methoxy groups -OCH3 is 1. The van der Waals surface area contributed by atoms with Crippen LogP contribution in [0.15, 0.2) is 75.2 Å². The average molecular weight is 630 g/mol. The molecule has 0 atom stereocenters. The van der Waals surface area contributed by atoms with E-state index in [-0.39, 0.29) is 23.4 Å². The number of benzene rings is 3. The standard InChI is InChI=1S/C26H18Br2N2O7/c1-36-18-8-6-17(7-9-18)30-24(32)19(23(31)29-26(30)35)10-15-11-20(27)22(21(28)12-15)37-13-14-2-4-16(5-3-14)25(33)34/h2-12H,13H2,1H3,(H,33,34)(H,29,31,35)/b19-10+. The Morgan fingerprint density at radius 3 is 2.19 bits per heavy atom. The number of amides is 4. The quantitative estimate of drug-likeness (QED) is 0.273. The second kappa shape index (κ2) is 11.0. The number of rotatable bonds is 7. The van der Waals surface area contributed by atoms with E-state index in [1.54, 1.807) is 36.4 Å². The van der Waals surface area contributed by atoms with Gasteiger partial charge in [-0.25, -0.2) is 14.5 Å². The number of hydrogen-bond acceptors (Lipinski definition) is 6. The van der Waals surface area contributed by atoms with E-state index in [9.17, 15) is 19.2 Å². The maximum atomic E-state index is 13.1. The van der Waals surface area contributed by atoms with Crippen molar-refractivity contribution >= 4 is 67.4 Å². The highest BCUT2D eigenvalue weighted by molar-refractivity contribution is 9.11. The van der Waals surface area contributed by atoms with E-state index in [0.717, 1.165) is 10.5 Å². The van der Waals surface area contributed by atoms with Gasteiger partial charge in [-0.2, -0.15) is 0 Å². The zero-order valence-corrected chi connectivity index (χ0v) is 22.3. The van der Waals surface area contributed by atoms with Crippen molar-refractivity contribution in [2.45, 2.75) is 6.61 Å². The zero-order valence-electron chi connectivity index (χ0n) is 19.2. The first-order chi connectivity index (χ1) is 17.7. The number of nitrogens with one attached hydrogen (secondary N) is 1. The van der Waals surface area contributed by atoms with E-state index < -0.39 is 23.8 Å². The van der Waals surface area contributed by atoms with E-state index in [2.05, 4.69) is 37.2 Å². The molecule has 0 spiro atoms. The summed E-state index contributed by atoms with van der Waals surface area (Å²) in [5.74, 6) is -1.56. The summed E-state index contributed by atoms with van der Waals surface area (Å²) in [5.41, 5.74) is 1.50. The number of aromatic carboxylic acids is 1. The summed E-state index contributed by atoms with van der Waals surface area (Å²) >= 11 is 6.89. The van der Waals surface area contributed by atoms with Crippen molar-refractivity contribution in [3.8, 4) is 11.5 Å². The minimum Gasteiger partial charge on any atom is -0.497 e. The summed E-state index contributed by atoms with van der Waals surface area (Å²) in [6.07, 6.45) is 1.38. The zero-order chi connectivity index (χ0) is 26.7. The number of hydrogen-bond donors (Lipinski definition) is 2. The highest BCUT2D eigenvalue weighted by Crippen LogP contribution is 2.36. The molecular formula is C26H18Br2N2O7. The molecule has 1 heterocycles. The number of barbiturate groups is 1. The van der Waals surface area contributed by atoms with Crippen molar-refractivity contribution in [2.24, 2.45) is 0 Å². The molecule has 1 aliphatic rings. The van der Waals surface area contributed by atoms with Crippen molar-refractivity contribution in [1.82, 2.24) is 5.32 Å². The van der Waals surface area contributed by atoms with Gasteiger partial charge in [0.25, 0.3) is 11.8 Å². The number of imide groups is 2. The van der Waals surface area contributed by atoms with Gasteiger partial charge in [0.2, 0.25) is 0 Å². The van der Waals surface area contributed by atoms with Gasteiger partial charge in [-0.1, -0.05) is 12.1 Å². The fourth-order valence-corrected chi connectivity index (χ4v) is 4.94. The van der Waals surface area contributed by atoms with Crippen molar-refractivity contribution in [3.63, 3.8) is 0 Å². The third kappa shape index (κ3) is 5.73. The van der Waals surface area contributed by atoms with E-state index in [0.29, 0.717) is 26.0 Å². The normalized spacial score (nSPS) is 14.5. The molecule has 2 N–H and O–H groups in total. The van der Waals surface area contributed by atoms with Crippen LogP contribution in [-0.4, -0.2) is 36.0 Å². The summed E-state index contributed by atoms with van der Waals surface area (Å²) in [6.45, 7) is 0.178. The molecule has 0 aliphatic carbocycles. The number of carboxylic acid groups (broad SMARTS) is 1. The number of carbonyl (C=O) groups is 4. The fourth-order valence-electron chi connectivity index (χ4n) is 3.49. The Morgan fingerprint density at radius 2 is 1.62 bits per heavy atom. The fraction of sp³-hybridized carbons (Fsp3) is 0.0769. The van der Waals surface area contributed by atoms with Crippen LogP contribution in [0.5, 0.6) is 11.5 Å². The van der Waals surface area contributed by atoms with Gasteiger partial charge in [0, 0.05) is 0 Å². The average Bonchev–Trinajstić information content (AvgIpc) is 2.86. The Balaban J connectivity index is 1.56. The molecule has 3 aromatic rings. The first kappa shape index (κ1) is 26.1. The molecule has 0 bridgehead atoms. The van der Waals surface area contributed by atoms with Crippen LogP contribution in [-0.2, 0) is 16.2 Å². The topological polar surface area (TPSA) is 122 Å². The highest BCUT2D eigenvalue weighted by Gasteiger charge is 2.36. The molecule has 1 fully saturated rings. The lowest BCUT2D eigenvalue weighted by atomic mass is 10.1. The van der Waals surface area contributed by atoms with Crippen LogP contribution < -0.4 is 19.7 Å². The van der Waals surface area contributed by atoms with Crippen molar-refractivity contribution in [1.29, 1.82) is 0 Å². The third-order valence-corrected chi connectivity index (χ3v) is 6.53. The van der Waals surface area contributed by atoms with Gasteiger partial charge in [-0.3, -0.25) is 14.9 Å². The first-order valence-electron chi connectivity index (χ1n) is 10.7. The molecule has 0 radical (unpaired) electrons. The lowest BCUT2D eigenvalue weighted by Crippen LogP contribution is -2.54. The van der Waals surface area contributed by atoms with Crippen LogP contribution in [0.25, 0.3) is 6.08 Å². The number of halogens is 2. The van der Waals surface area contributed by atoms with Gasteiger partial charge in [0.05, 0.1) is 27.3 Å². The van der Waals surface area contributed by atoms with Crippen LogP contribution in [0.3, 0.4) is 0 Å². The van der Waals surface area contributed by atoms with E-state index >= 15 is 0 Å². The van der Waals surface area contributed by atoms with Crippen molar-refractivity contribution in [2.75, 3.05) is 12.0 Å². The molecule has 1 aliphatic heterocycles. The largest absolute Gasteiger partial charge is 0.497 e. The molecule has 9 nitrogen and oxygen atoms in total. The first-order valence-corrected chi connectivity index (χ1v) is 12.3. The predicted molar refractivity (Wildman–Crippen MR) is 142 cm³/mol. The van der Waals surface area contributed by atoms with Gasteiger partial charge in [-0.15, -0.1) is 0 Å². The minimum absolute atomic E-state index is 0.178. The minimum atomic E-state index is -1.01. The Bertz CT molecular complexity index is 1410. The highest BCUT2D eigenvalue weighted by atomic mass is 79.9. The summed E-state index contributed by atoms with van der Waals surface area (Å²) in [5, 5.41) is 11.2. The summed E-state index contributed by atoms with van der Waals surface area (Å²) in [6, 6.07) is 15.1. The Kier molecular flexibility index (Phi) is 7.74. The SMILES string of the molecule is COc1ccc(N2C(=O)NC(=O)/C(=C\c3cc(Br)c(OCc4ccc(C(=O)O)cc4)c(Br)c3)C2=O)cc1. The summed E-state index contributed by atoms with van der Waals surface area (Å²) in [4.78, 5) is 49.9. The molecule has 4 amide bonds. The smallest absolute Gasteiger partial charge is 0.335 e. The molecule has 4 rings (SSSR count). The number of carboxylic acids is 1. The Morgan fingerprint density at radius 1 is 1.00 bits per heavy atom. The second-order valence-electron chi connectivity index (χ2n) is 7.76. The molecular weight excluding hydrogens is 612 g/mol. The maximum absolute atomic E-state index is 13.1. The van der Waals surface area contributed by atoms with Gasteiger partial charge < -0.3 is 14.6 Å². The molecule has 11 heteroatoms. The van der Waals surface area contributed by atoms with E-state index in [1.165, 1.54) is 37.5 Å². The van der Waals surface area contributed by atoms with E-state index in [1.807, 2.05) is 0 Å². The Labute approximate surface area is 227 Å². The number of ether oxygens (including phenoxy) is 2. The maximum Gasteiger partial charge on any atom is 0.335 e. The summed E-state index contributed by atoms with van der Waals surface area (Å²) < 4.78 is 12.1. The van der Waals surface area contributed by atoms with Gasteiger partial charge in [0.1, 0.15) is 23.7 Å². The number of nitrogens with zero attached hydrogens (tertiary/aromatic N) is 1. The van der Waals surface area contributed by atoms with Gasteiger partial charge in [0.15, 0.2) is 0 Å². The number of carbonyl (C=O) groups excluding carboxylic acids is 3. The number of urea groups is 1. The molecule has 37 heavy (non-hydrogen) atoms. The van der Waals surface area contributed by atoms with Crippen LogP contribution in [0, 0.1) is 0 Å². The number of anilines is 1. The molecule has 0 saturated carbocycles. The van der Waals surface area contributed by atoms with Crippen molar-refractivity contribution in [3.05, 3.63) is 91.9 Å². The lowest BCUT2D eigenvalue weighted by molar-refractivity contribution is -0.122. The van der Waals surface area contributed by atoms with Crippen LogP contribution >= 0.6 is 31.9 Å². The van der Waals surface area contributed by atoms with E-state index in [4.69, 9.17) is 14.6 Å². The van der Waals surface area contributed by atoms with Crippen LogP contribution in [0.2, 0.25) is 0 Å². The predicted octanol–water partition coefficient (Wildman–Crippen LogP) is 5.16. The van der Waals surface area contributed by atoms with Crippen LogP contribution in [0.4, 0.5) is 10.5 Å². The Hall–Kier alpha value is -3.96. The molecule has 1 saturated heterocycles. The van der Waals surface area contributed by atoms with Gasteiger partial charge in [-0.05, 0) is 97.6 Å². The molecule has 188 valence electrons. The molecule has 3 aromatic carbocycles.